The molecule has 0 atom stereocenters. The Bertz CT molecular complexity index is 976. The van der Waals surface area contributed by atoms with Crippen molar-refractivity contribution in [3.05, 3.63) is 59.9 Å². The van der Waals surface area contributed by atoms with Gasteiger partial charge in [0.25, 0.3) is 6.47 Å². The number of aryl methyl sites for hydroxylation is 2. The summed E-state index contributed by atoms with van der Waals surface area (Å²) < 4.78 is 7.08. The fraction of sp³-hybridized carbons (Fsp3) is 0.417. The number of imidazole rings is 1. The predicted molar refractivity (Wildman–Crippen MR) is 120 cm³/mol. The van der Waals surface area contributed by atoms with E-state index in [1.54, 1.807) is 0 Å². The summed E-state index contributed by atoms with van der Waals surface area (Å²) in [5.74, 6) is 0. The van der Waals surface area contributed by atoms with E-state index >= 15 is 0 Å². The normalized spacial score (nSPS) is 14.9. The van der Waals surface area contributed by atoms with Crippen LogP contribution < -0.4 is 4.90 Å². The SMILES string of the molecule is Cc1cccc(N2CCN(CCCCn3cnc4ccc(COC=O)cc43)CC2)c1. The van der Waals surface area contributed by atoms with Crippen LogP contribution in [0.2, 0.25) is 0 Å². The highest BCUT2D eigenvalue weighted by Gasteiger charge is 2.16. The van der Waals surface area contributed by atoms with Gasteiger partial charge in [-0.15, -0.1) is 0 Å². The molecule has 4 rings (SSSR count). The first kappa shape index (κ1) is 20.4. The first-order valence-corrected chi connectivity index (χ1v) is 10.8. The summed E-state index contributed by atoms with van der Waals surface area (Å²) in [6, 6.07) is 14.8. The third-order valence-corrected chi connectivity index (χ3v) is 5.87. The van der Waals surface area contributed by atoms with Crippen molar-refractivity contribution in [2.45, 2.75) is 32.9 Å². The minimum atomic E-state index is 0.305. The fourth-order valence-corrected chi connectivity index (χ4v) is 4.17. The molecule has 1 aliphatic rings. The molecule has 6 heteroatoms. The lowest BCUT2D eigenvalue weighted by molar-refractivity contribution is -0.129. The van der Waals surface area contributed by atoms with Gasteiger partial charge < -0.3 is 14.2 Å². The second-order valence-corrected chi connectivity index (χ2v) is 8.04. The summed E-state index contributed by atoms with van der Waals surface area (Å²) in [5, 5.41) is 0. The first-order chi connectivity index (χ1) is 14.7. The Kier molecular flexibility index (Phi) is 6.64. The van der Waals surface area contributed by atoms with Crippen LogP contribution in [0.5, 0.6) is 0 Å². The number of hydrogen-bond donors (Lipinski definition) is 0. The maximum absolute atomic E-state index is 10.4. The van der Waals surface area contributed by atoms with Gasteiger partial charge in [-0.2, -0.15) is 0 Å². The van der Waals surface area contributed by atoms with Crippen molar-refractivity contribution in [3.63, 3.8) is 0 Å². The summed E-state index contributed by atoms with van der Waals surface area (Å²) in [6.07, 6.45) is 4.21. The van der Waals surface area contributed by atoms with Gasteiger partial charge in [-0.1, -0.05) is 18.2 Å². The molecule has 0 radical (unpaired) electrons. The molecule has 0 N–H and O–H groups in total. The van der Waals surface area contributed by atoms with Gasteiger partial charge >= 0.3 is 0 Å². The number of carbonyl (C=O) groups is 1. The van der Waals surface area contributed by atoms with Crippen molar-refractivity contribution < 1.29 is 9.53 Å². The van der Waals surface area contributed by atoms with Crippen LogP contribution in [0.25, 0.3) is 11.0 Å². The molecule has 30 heavy (non-hydrogen) atoms. The van der Waals surface area contributed by atoms with Crippen LogP contribution in [0.15, 0.2) is 48.8 Å². The fourth-order valence-electron chi connectivity index (χ4n) is 4.17. The summed E-state index contributed by atoms with van der Waals surface area (Å²) in [5.41, 5.74) is 5.75. The molecule has 2 aromatic carbocycles. The summed E-state index contributed by atoms with van der Waals surface area (Å²) >= 11 is 0. The number of benzene rings is 2. The van der Waals surface area contributed by atoms with E-state index in [1.165, 1.54) is 17.7 Å². The lowest BCUT2D eigenvalue weighted by atomic mass is 10.2. The van der Waals surface area contributed by atoms with Gasteiger partial charge in [0.05, 0.1) is 17.4 Å². The van der Waals surface area contributed by atoms with Crippen LogP contribution in [-0.2, 0) is 22.7 Å². The van der Waals surface area contributed by atoms with E-state index in [4.69, 9.17) is 4.74 Å². The smallest absolute Gasteiger partial charge is 0.293 e. The molecule has 6 nitrogen and oxygen atoms in total. The summed E-state index contributed by atoms with van der Waals surface area (Å²) in [7, 11) is 0. The zero-order valence-electron chi connectivity index (χ0n) is 17.7. The first-order valence-electron chi connectivity index (χ1n) is 10.8. The van der Waals surface area contributed by atoms with Crippen LogP contribution in [0.3, 0.4) is 0 Å². The van der Waals surface area contributed by atoms with Crippen molar-refractivity contribution in [2.75, 3.05) is 37.6 Å². The molecular weight excluding hydrogens is 376 g/mol. The molecule has 0 bridgehead atoms. The number of unbranched alkanes of at least 4 members (excludes halogenated alkanes) is 1. The number of hydrogen-bond acceptors (Lipinski definition) is 5. The zero-order valence-corrected chi connectivity index (χ0v) is 17.7. The Morgan fingerprint density at radius 1 is 1.03 bits per heavy atom. The van der Waals surface area contributed by atoms with E-state index in [1.807, 2.05) is 18.5 Å². The molecule has 0 amide bonds. The van der Waals surface area contributed by atoms with Crippen LogP contribution >= 0.6 is 0 Å². The Hall–Kier alpha value is -2.86. The molecule has 1 aliphatic heterocycles. The standard InChI is InChI=1S/C24H30N4O2/c1-20-5-4-6-22(15-20)27-13-11-26(12-14-27)9-2-3-10-28-18-25-23-8-7-21(16-24(23)28)17-30-19-29/h4-8,15-16,18-19H,2-3,9-14,17H2,1H3. The lowest BCUT2D eigenvalue weighted by Crippen LogP contribution is -2.46. The Morgan fingerprint density at radius 3 is 2.67 bits per heavy atom. The minimum absolute atomic E-state index is 0.305. The molecular formula is C24H30N4O2. The van der Waals surface area contributed by atoms with Gasteiger partial charge in [0.1, 0.15) is 6.61 Å². The van der Waals surface area contributed by atoms with Gasteiger partial charge in [0.15, 0.2) is 0 Å². The predicted octanol–water partition coefficient (Wildman–Crippen LogP) is 3.62. The van der Waals surface area contributed by atoms with Gasteiger partial charge in [0.2, 0.25) is 0 Å². The van der Waals surface area contributed by atoms with Crippen LogP contribution in [0.1, 0.15) is 24.0 Å². The van der Waals surface area contributed by atoms with Crippen molar-refractivity contribution in [3.8, 4) is 0 Å². The van der Waals surface area contributed by atoms with Gasteiger partial charge in [-0.3, -0.25) is 9.69 Å². The molecule has 0 unspecified atom stereocenters. The van der Waals surface area contributed by atoms with E-state index < -0.39 is 0 Å². The van der Waals surface area contributed by atoms with E-state index in [9.17, 15) is 4.79 Å². The number of nitrogens with zero attached hydrogens (tertiary/aromatic N) is 4. The minimum Gasteiger partial charge on any atom is -0.463 e. The largest absolute Gasteiger partial charge is 0.463 e. The van der Waals surface area contributed by atoms with Crippen LogP contribution in [0, 0.1) is 6.92 Å². The molecule has 0 spiro atoms. The van der Waals surface area contributed by atoms with Crippen LogP contribution in [-0.4, -0.2) is 53.6 Å². The van der Waals surface area contributed by atoms with E-state index in [0.29, 0.717) is 13.1 Å². The van der Waals surface area contributed by atoms with E-state index in [0.717, 1.165) is 62.3 Å². The number of rotatable bonds is 9. The summed E-state index contributed by atoms with van der Waals surface area (Å²) in [4.78, 5) is 20.0. The van der Waals surface area contributed by atoms with Crippen molar-refractivity contribution >= 4 is 23.2 Å². The Labute approximate surface area is 178 Å². The molecule has 0 aliphatic carbocycles. The third-order valence-electron chi connectivity index (χ3n) is 5.87. The quantitative estimate of drug-likeness (QED) is 0.401. The molecule has 2 heterocycles. The van der Waals surface area contributed by atoms with Gasteiger partial charge in [0, 0.05) is 38.4 Å². The number of piperazine rings is 1. The number of ether oxygens (including phenoxy) is 1. The van der Waals surface area contributed by atoms with Crippen molar-refractivity contribution in [2.24, 2.45) is 0 Å². The maximum atomic E-state index is 10.4. The average molecular weight is 407 g/mol. The zero-order chi connectivity index (χ0) is 20.8. The van der Waals surface area contributed by atoms with Crippen molar-refractivity contribution in [1.29, 1.82) is 0 Å². The second-order valence-electron chi connectivity index (χ2n) is 8.04. The molecule has 3 aromatic rings. The number of aromatic nitrogens is 2. The highest BCUT2D eigenvalue weighted by Crippen LogP contribution is 2.19. The molecule has 158 valence electrons. The van der Waals surface area contributed by atoms with Crippen LogP contribution in [0.4, 0.5) is 5.69 Å². The Morgan fingerprint density at radius 2 is 1.87 bits per heavy atom. The van der Waals surface area contributed by atoms with Crippen molar-refractivity contribution in [1.82, 2.24) is 14.5 Å². The molecule has 1 saturated heterocycles. The summed E-state index contributed by atoms with van der Waals surface area (Å²) in [6.45, 7) is 9.50. The average Bonchev–Trinajstić information content (AvgIpc) is 3.18. The highest BCUT2D eigenvalue weighted by atomic mass is 16.5. The van der Waals surface area contributed by atoms with Gasteiger partial charge in [-0.25, -0.2) is 4.98 Å². The van der Waals surface area contributed by atoms with E-state index in [-0.39, 0.29) is 0 Å². The monoisotopic (exact) mass is 406 g/mol. The lowest BCUT2D eigenvalue weighted by Gasteiger charge is -2.36. The number of carbonyl (C=O) groups excluding carboxylic acids is 1. The number of anilines is 1. The third kappa shape index (κ3) is 5.00. The molecule has 1 fully saturated rings. The topological polar surface area (TPSA) is 50.6 Å². The highest BCUT2D eigenvalue weighted by molar-refractivity contribution is 5.76. The maximum Gasteiger partial charge on any atom is 0.293 e. The van der Waals surface area contributed by atoms with Gasteiger partial charge in [-0.05, 0) is 61.7 Å². The second kappa shape index (κ2) is 9.76. The Balaban J connectivity index is 1.22. The molecule has 1 aromatic heterocycles. The number of fused-ring (bicyclic) bond motifs is 1. The molecule has 0 saturated carbocycles. The van der Waals surface area contributed by atoms with E-state index in [2.05, 4.69) is 56.6 Å².